The van der Waals surface area contributed by atoms with Crippen LogP contribution in [0.1, 0.15) is 17.7 Å². The quantitative estimate of drug-likeness (QED) is 0.337. The zero-order valence-electron chi connectivity index (χ0n) is 22.1. The molecular formula is C29H33N7O3. The van der Waals surface area contributed by atoms with Crippen molar-refractivity contribution in [1.82, 2.24) is 20.2 Å². The summed E-state index contributed by atoms with van der Waals surface area (Å²) in [5.74, 6) is 0.864. The third-order valence-electron chi connectivity index (χ3n) is 7.34. The first-order valence-electron chi connectivity index (χ1n) is 13.2. The molecule has 0 spiro atoms. The van der Waals surface area contributed by atoms with Crippen LogP contribution < -0.4 is 19.9 Å². The number of benzene rings is 2. The Labute approximate surface area is 228 Å². The number of piperazine rings is 1. The number of aromatic nitrogens is 2. The van der Waals surface area contributed by atoms with Crippen molar-refractivity contribution in [2.24, 2.45) is 0 Å². The largest absolute Gasteiger partial charge is 0.508 e. The van der Waals surface area contributed by atoms with Crippen LogP contribution in [-0.4, -0.2) is 78.3 Å². The van der Waals surface area contributed by atoms with Crippen molar-refractivity contribution in [3.63, 3.8) is 0 Å². The van der Waals surface area contributed by atoms with Crippen LogP contribution in [0.4, 0.5) is 11.5 Å². The van der Waals surface area contributed by atoms with Crippen LogP contribution in [0, 0.1) is 11.3 Å². The lowest BCUT2D eigenvalue weighted by atomic mass is 10.0. The number of aromatic hydroxyl groups is 1. The lowest BCUT2D eigenvalue weighted by Crippen LogP contribution is -2.55. The Balaban J connectivity index is 1.49. The van der Waals surface area contributed by atoms with Gasteiger partial charge < -0.3 is 29.9 Å². The van der Waals surface area contributed by atoms with Crippen LogP contribution >= 0.6 is 0 Å². The maximum atomic E-state index is 12.4. The summed E-state index contributed by atoms with van der Waals surface area (Å²) in [7, 11) is 1.86. The normalized spacial score (nSPS) is 17.0. The fraction of sp³-hybridized carbons (Fsp3) is 0.379. The van der Waals surface area contributed by atoms with Crippen molar-refractivity contribution >= 4 is 28.2 Å². The van der Waals surface area contributed by atoms with E-state index >= 15 is 0 Å². The molecule has 0 radical (unpaired) electrons. The van der Waals surface area contributed by atoms with Gasteiger partial charge in [-0.25, -0.2) is 0 Å². The number of likely N-dealkylation sites (N-methyl/N-ethyl adjacent to an activating group) is 1. The van der Waals surface area contributed by atoms with Crippen molar-refractivity contribution < 1.29 is 14.6 Å². The van der Waals surface area contributed by atoms with E-state index in [0.717, 1.165) is 40.1 Å². The highest BCUT2D eigenvalue weighted by Gasteiger charge is 2.33. The van der Waals surface area contributed by atoms with Gasteiger partial charge in [0, 0.05) is 55.4 Å². The highest BCUT2D eigenvalue weighted by Crippen LogP contribution is 2.36. The molecule has 1 saturated heterocycles. The van der Waals surface area contributed by atoms with Gasteiger partial charge in [0.25, 0.3) is 0 Å². The summed E-state index contributed by atoms with van der Waals surface area (Å²) in [5.41, 5.74) is 2.88. The van der Waals surface area contributed by atoms with E-state index < -0.39 is 0 Å². The molecule has 2 aliphatic heterocycles. The first kappa shape index (κ1) is 26.3. The fourth-order valence-corrected chi connectivity index (χ4v) is 5.44. The first-order valence-corrected chi connectivity index (χ1v) is 13.2. The molecule has 1 atom stereocenters. The Morgan fingerprint density at radius 1 is 1.26 bits per heavy atom. The van der Waals surface area contributed by atoms with E-state index in [1.165, 1.54) is 6.08 Å². The second-order valence-corrected chi connectivity index (χ2v) is 9.76. The zero-order chi connectivity index (χ0) is 27.4. The number of ether oxygens (including phenoxy) is 1. The summed E-state index contributed by atoms with van der Waals surface area (Å²) in [6, 6.07) is 13.9. The van der Waals surface area contributed by atoms with Gasteiger partial charge in [0.15, 0.2) is 0 Å². The molecule has 2 aliphatic rings. The Hall–Kier alpha value is -4.36. The number of phenolic OH excluding ortho intramolecular Hbond substituents is 1. The second-order valence-electron chi connectivity index (χ2n) is 9.76. The van der Waals surface area contributed by atoms with E-state index in [1.54, 1.807) is 11.0 Å². The number of anilines is 2. The molecular weight excluding hydrogens is 494 g/mol. The summed E-state index contributed by atoms with van der Waals surface area (Å²) in [4.78, 5) is 28.2. The van der Waals surface area contributed by atoms with Crippen molar-refractivity contribution in [3.05, 3.63) is 60.3 Å². The topological polar surface area (TPSA) is 118 Å². The van der Waals surface area contributed by atoms with Crippen LogP contribution in [0.2, 0.25) is 0 Å². The second kappa shape index (κ2) is 11.6. The molecule has 0 bridgehead atoms. The van der Waals surface area contributed by atoms with Crippen LogP contribution in [0.5, 0.6) is 11.8 Å². The molecule has 1 amide bonds. The SMILES string of the molecule is C=CC(=O)N1CCN(c2nc(OCCNC)nc3c2CCN(c2cc(O)cc4ccccc24)C3)CC1CC#N. The average molecular weight is 528 g/mol. The molecule has 0 aliphatic carbocycles. The predicted octanol–water partition coefficient (Wildman–Crippen LogP) is 2.61. The van der Waals surface area contributed by atoms with E-state index in [-0.39, 0.29) is 24.1 Å². The molecule has 3 heterocycles. The molecule has 10 nitrogen and oxygen atoms in total. The number of hydrogen-bond acceptors (Lipinski definition) is 9. The lowest BCUT2D eigenvalue weighted by molar-refractivity contribution is -0.128. The molecule has 5 rings (SSSR count). The number of carbonyl (C=O) groups is 1. The minimum absolute atomic E-state index is 0.162. The lowest BCUT2D eigenvalue weighted by Gasteiger charge is -2.42. The van der Waals surface area contributed by atoms with Gasteiger partial charge in [-0.1, -0.05) is 30.8 Å². The van der Waals surface area contributed by atoms with E-state index in [2.05, 4.69) is 33.8 Å². The number of phenols is 1. The van der Waals surface area contributed by atoms with Gasteiger partial charge in [-0.15, -0.1) is 0 Å². The van der Waals surface area contributed by atoms with Gasteiger partial charge in [0.2, 0.25) is 5.91 Å². The average Bonchev–Trinajstić information content (AvgIpc) is 2.96. The molecule has 2 aromatic carbocycles. The molecule has 1 aromatic heterocycles. The van der Waals surface area contributed by atoms with E-state index in [0.29, 0.717) is 51.8 Å². The highest BCUT2D eigenvalue weighted by atomic mass is 16.5. The molecule has 39 heavy (non-hydrogen) atoms. The fourth-order valence-electron chi connectivity index (χ4n) is 5.44. The number of hydrogen-bond donors (Lipinski definition) is 2. The van der Waals surface area contributed by atoms with E-state index in [1.807, 2.05) is 31.3 Å². The maximum absolute atomic E-state index is 12.4. The van der Waals surface area contributed by atoms with Crippen molar-refractivity contribution in [3.8, 4) is 17.8 Å². The summed E-state index contributed by atoms with van der Waals surface area (Å²) in [6.07, 6.45) is 2.24. The van der Waals surface area contributed by atoms with Crippen molar-refractivity contribution in [2.75, 3.05) is 56.2 Å². The minimum Gasteiger partial charge on any atom is -0.508 e. The number of amides is 1. The van der Waals surface area contributed by atoms with Gasteiger partial charge in [0.1, 0.15) is 18.2 Å². The number of rotatable bonds is 8. The number of nitriles is 1. The van der Waals surface area contributed by atoms with Crippen molar-refractivity contribution in [1.29, 1.82) is 5.26 Å². The molecule has 10 heteroatoms. The van der Waals surface area contributed by atoms with Gasteiger partial charge in [-0.2, -0.15) is 15.2 Å². The number of nitrogens with one attached hydrogen (secondary N) is 1. The Morgan fingerprint density at radius 2 is 2.10 bits per heavy atom. The minimum atomic E-state index is -0.257. The third-order valence-corrected chi connectivity index (χ3v) is 7.34. The van der Waals surface area contributed by atoms with Gasteiger partial charge in [-0.3, -0.25) is 4.79 Å². The van der Waals surface area contributed by atoms with Gasteiger partial charge in [0.05, 0.1) is 30.8 Å². The summed E-state index contributed by atoms with van der Waals surface area (Å²) in [6.45, 7) is 7.53. The Bertz CT molecular complexity index is 1420. The van der Waals surface area contributed by atoms with Crippen molar-refractivity contribution in [2.45, 2.75) is 25.4 Å². The van der Waals surface area contributed by atoms with Crippen LogP contribution in [0.25, 0.3) is 10.8 Å². The summed E-state index contributed by atoms with van der Waals surface area (Å²) >= 11 is 0. The number of carbonyl (C=O) groups excluding carboxylic acids is 1. The van der Waals surface area contributed by atoms with E-state index in [4.69, 9.17) is 14.7 Å². The molecule has 0 saturated carbocycles. The number of nitrogens with zero attached hydrogens (tertiary/aromatic N) is 6. The Kier molecular flexibility index (Phi) is 7.79. The first-order chi connectivity index (χ1) is 19.0. The molecule has 3 aromatic rings. The smallest absolute Gasteiger partial charge is 0.318 e. The Morgan fingerprint density at radius 3 is 2.90 bits per heavy atom. The van der Waals surface area contributed by atoms with Crippen LogP contribution in [0.3, 0.4) is 0 Å². The maximum Gasteiger partial charge on any atom is 0.318 e. The van der Waals surface area contributed by atoms with Gasteiger partial charge >= 0.3 is 6.01 Å². The predicted molar refractivity (Wildman–Crippen MR) is 150 cm³/mol. The highest BCUT2D eigenvalue weighted by molar-refractivity contribution is 5.95. The molecule has 2 N–H and O–H groups in total. The summed E-state index contributed by atoms with van der Waals surface area (Å²) < 4.78 is 5.93. The van der Waals surface area contributed by atoms with E-state index in [9.17, 15) is 15.2 Å². The van der Waals surface area contributed by atoms with Gasteiger partial charge in [-0.05, 0) is 31.0 Å². The molecule has 202 valence electrons. The number of fused-ring (bicyclic) bond motifs is 2. The van der Waals surface area contributed by atoms with Crippen LogP contribution in [-0.2, 0) is 17.8 Å². The standard InChI is InChI=1S/C29H33N7O3/c1-3-27(38)36-14-13-35(18-21(36)8-10-30)28-24-9-12-34(19-25(24)32-29(33-28)39-15-11-31-2)26-17-22(37)16-20-6-4-5-7-23(20)26/h3-7,16-17,21,31,37H,1,8-9,11-15,18-19H2,2H3. The molecule has 1 fully saturated rings. The summed E-state index contributed by atoms with van der Waals surface area (Å²) in [5, 5.41) is 25.0. The third kappa shape index (κ3) is 5.45. The monoisotopic (exact) mass is 527 g/mol. The zero-order valence-corrected chi connectivity index (χ0v) is 22.1. The molecule has 1 unspecified atom stereocenters. The van der Waals surface area contributed by atoms with Crippen LogP contribution in [0.15, 0.2) is 49.1 Å².